The molecule has 0 aromatic heterocycles. The summed E-state index contributed by atoms with van der Waals surface area (Å²) in [6.45, 7) is 1.17. The summed E-state index contributed by atoms with van der Waals surface area (Å²) in [7, 11) is 0. The van der Waals surface area contributed by atoms with Gasteiger partial charge in [-0.3, -0.25) is 0 Å². The predicted molar refractivity (Wildman–Crippen MR) is 101 cm³/mol. The molecular formula is C21H25ClFNO. The highest BCUT2D eigenvalue weighted by atomic mass is 35.5. The van der Waals surface area contributed by atoms with Crippen LogP contribution in [0, 0.1) is 5.82 Å². The molecule has 0 unspecified atom stereocenters. The summed E-state index contributed by atoms with van der Waals surface area (Å²) in [5.74, 6) is 0.596. The van der Waals surface area contributed by atoms with E-state index in [-0.39, 0.29) is 5.82 Å². The Bertz CT molecular complexity index is 666. The molecule has 0 heterocycles. The lowest BCUT2D eigenvalue weighted by Gasteiger charge is -2.18. The minimum atomic E-state index is -0.233. The molecule has 1 N–H and O–H groups in total. The third kappa shape index (κ3) is 5.72. The Hall–Kier alpha value is -1.58. The zero-order valence-electron chi connectivity index (χ0n) is 14.4. The first-order valence-electron chi connectivity index (χ1n) is 9.10. The van der Waals surface area contributed by atoms with Crippen molar-refractivity contribution in [2.75, 3.05) is 0 Å². The molecule has 0 spiro atoms. The zero-order chi connectivity index (χ0) is 17.5. The van der Waals surface area contributed by atoms with Crippen molar-refractivity contribution in [2.45, 2.75) is 57.7 Å². The highest BCUT2D eigenvalue weighted by molar-refractivity contribution is 6.30. The van der Waals surface area contributed by atoms with Crippen LogP contribution < -0.4 is 10.1 Å². The Morgan fingerprint density at radius 3 is 2.44 bits per heavy atom. The van der Waals surface area contributed by atoms with Gasteiger partial charge in [0.1, 0.15) is 18.2 Å². The minimum Gasteiger partial charge on any atom is -0.489 e. The van der Waals surface area contributed by atoms with Crippen LogP contribution in [0.15, 0.2) is 42.5 Å². The molecule has 25 heavy (non-hydrogen) atoms. The Labute approximate surface area is 154 Å². The maximum atomic E-state index is 13.0. The highest BCUT2D eigenvalue weighted by Gasteiger charge is 2.13. The second-order valence-corrected chi connectivity index (χ2v) is 7.17. The quantitative estimate of drug-likeness (QED) is 0.649. The van der Waals surface area contributed by atoms with Crippen LogP contribution in [0.1, 0.15) is 49.7 Å². The third-order valence-corrected chi connectivity index (χ3v) is 5.00. The van der Waals surface area contributed by atoms with Crippen molar-refractivity contribution in [1.82, 2.24) is 5.32 Å². The van der Waals surface area contributed by atoms with Crippen LogP contribution >= 0.6 is 11.6 Å². The first-order chi connectivity index (χ1) is 12.2. The van der Waals surface area contributed by atoms with Gasteiger partial charge in [-0.2, -0.15) is 0 Å². The van der Waals surface area contributed by atoms with E-state index in [4.69, 9.17) is 16.3 Å². The molecule has 0 saturated heterocycles. The van der Waals surface area contributed by atoms with Gasteiger partial charge in [0, 0.05) is 23.2 Å². The average molecular weight is 362 g/mol. The van der Waals surface area contributed by atoms with Crippen molar-refractivity contribution >= 4 is 11.6 Å². The summed E-state index contributed by atoms with van der Waals surface area (Å²) in [4.78, 5) is 0. The Morgan fingerprint density at radius 2 is 1.72 bits per heavy atom. The lowest BCUT2D eigenvalue weighted by molar-refractivity contribution is 0.301. The molecule has 3 rings (SSSR count). The average Bonchev–Trinajstić information content (AvgIpc) is 2.89. The second-order valence-electron chi connectivity index (χ2n) is 6.74. The van der Waals surface area contributed by atoms with E-state index in [9.17, 15) is 4.39 Å². The van der Waals surface area contributed by atoms with Crippen LogP contribution in [0.2, 0.25) is 5.02 Å². The number of hydrogen-bond acceptors (Lipinski definition) is 2. The van der Waals surface area contributed by atoms with Crippen LogP contribution in [0.3, 0.4) is 0 Å². The van der Waals surface area contributed by atoms with Gasteiger partial charge in [0.15, 0.2) is 0 Å². The van der Waals surface area contributed by atoms with Crippen LogP contribution in [0.4, 0.5) is 4.39 Å². The smallest absolute Gasteiger partial charge is 0.124 e. The van der Waals surface area contributed by atoms with E-state index in [0.717, 1.165) is 23.4 Å². The maximum absolute atomic E-state index is 13.0. The number of rotatable bonds is 6. The van der Waals surface area contributed by atoms with E-state index in [0.29, 0.717) is 17.7 Å². The number of ether oxygens (including phenoxy) is 1. The summed E-state index contributed by atoms with van der Waals surface area (Å²) in [5, 5.41) is 4.38. The lowest BCUT2D eigenvalue weighted by atomic mass is 10.1. The molecular weight excluding hydrogens is 337 g/mol. The minimum absolute atomic E-state index is 0.233. The normalized spacial score (nSPS) is 15.8. The lowest BCUT2D eigenvalue weighted by Crippen LogP contribution is -2.28. The predicted octanol–water partition coefficient (Wildman–Crippen LogP) is 5.87. The van der Waals surface area contributed by atoms with Gasteiger partial charge in [-0.1, -0.05) is 49.4 Å². The molecule has 2 aromatic rings. The van der Waals surface area contributed by atoms with Gasteiger partial charge < -0.3 is 10.1 Å². The molecule has 0 aliphatic heterocycles. The first-order valence-corrected chi connectivity index (χ1v) is 9.47. The van der Waals surface area contributed by atoms with Gasteiger partial charge in [0.25, 0.3) is 0 Å². The maximum Gasteiger partial charge on any atom is 0.124 e. The number of halogens is 2. The van der Waals surface area contributed by atoms with Crippen molar-refractivity contribution in [3.05, 3.63) is 64.4 Å². The van der Waals surface area contributed by atoms with Crippen molar-refractivity contribution in [2.24, 2.45) is 0 Å². The Balaban J connectivity index is 1.61. The standard InChI is InChI=1S/C21H25ClFNO/c22-18-9-12-21(25-15-16-7-10-19(23)11-8-16)17(13-18)14-24-20-5-3-1-2-4-6-20/h7-13,20,24H,1-6,14-15H2. The molecule has 0 bridgehead atoms. The molecule has 1 aliphatic rings. The van der Waals surface area contributed by atoms with Crippen LogP contribution in [0.5, 0.6) is 5.75 Å². The zero-order valence-corrected chi connectivity index (χ0v) is 15.2. The summed E-state index contributed by atoms with van der Waals surface area (Å²) < 4.78 is 19.0. The molecule has 0 amide bonds. The van der Waals surface area contributed by atoms with Crippen molar-refractivity contribution in [3.8, 4) is 5.75 Å². The summed E-state index contributed by atoms with van der Waals surface area (Å²) >= 11 is 6.17. The van der Waals surface area contributed by atoms with E-state index in [1.165, 1.54) is 50.7 Å². The Morgan fingerprint density at radius 1 is 1.00 bits per heavy atom. The van der Waals surface area contributed by atoms with Gasteiger partial charge in [-0.15, -0.1) is 0 Å². The van der Waals surface area contributed by atoms with Crippen LogP contribution in [-0.2, 0) is 13.2 Å². The molecule has 2 nitrogen and oxygen atoms in total. The van der Waals surface area contributed by atoms with Crippen molar-refractivity contribution in [3.63, 3.8) is 0 Å². The fourth-order valence-electron chi connectivity index (χ4n) is 3.31. The molecule has 0 atom stereocenters. The van der Waals surface area contributed by atoms with Crippen LogP contribution in [-0.4, -0.2) is 6.04 Å². The molecule has 1 fully saturated rings. The van der Waals surface area contributed by atoms with Crippen molar-refractivity contribution < 1.29 is 9.13 Å². The van der Waals surface area contributed by atoms with Gasteiger partial charge in [-0.05, 0) is 48.7 Å². The molecule has 0 radical (unpaired) electrons. The van der Waals surface area contributed by atoms with E-state index in [1.54, 1.807) is 12.1 Å². The van der Waals surface area contributed by atoms with Gasteiger partial charge in [0.2, 0.25) is 0 Å². The van der Waals surface area contributed by atoms with E-state index in [2.05, 4.69) is 5.32 Å². The second kappa shape index (κ2) is 9.21. The molecule has 1 saturated carbocycles. The van der Waals surface area contributed by atoms with Gasteiger partial charge in [0.05, 0.1) is 0 Å². The van der Waals surface area contributed by atoms with Gasteiger partial charge >= 0.3 is 0 Å². The molecule has 1 aliphatic carbocycles. The topological polar surface area (TPSA) is 21.3 Å². The SMILES string of the molecule is Fc1ccc(COc2ccc(Cl)cc2CNC2CCCCCC2)cc1. The highest BCUT2D eigenvalue weighted by Crippen LogP contribution is 2.25. The Kier molecular flexibility index (Phi) is 6.71. The summed E-state index contributed by atoms with van der Waals surface area (Å²) in [6.07, 6.45) is 7.80. The largest absolute Gasteiger partial charge is 0.489 e. The molecule has 4 heteroatoms. The third-order valence-electron chi connectivity index (χ3n) is 4.77. The number of benzene rings is 2. The van der Waals surface area contributed by atoms with E-state index >= 15 is 0 Å². The van der Waals surface area contributed by atoms with Crippen LogP contribution in [0.25, 0.3) is 0 Å². The number of hydrogen-bond donors (Lipinski definition) is 1. The summed E-state index contributed by atoms with van der Waals surface area (Å²) in [5.41, 5.74) is 2.01. The first kappa shape index (κ1) is 18.2. The van der Waals surface area contributed by atoms with Gasteiger partial charge in [-0.25, -0.2) is 4.39 Å². The molecule has 2 aromatic carbocycles. The fraction of sp³-hybridized carbons (Fsp3) is 0.429. The monoisotopic (exact) mass is 361 g/mol. The van der Waals surface area contributed by atoms with Crippen molar-refractivity contribution in [1.29, 1.82) is 0 Å². The van der Waals surface area contributed by atoms with E-state index < -0.39 is 0 Å². The fourth-order valence-corrected chi connectivity index (χ4v) is 3.50. The van der Waals surface area contributed by atoms with E-state index in [1.807, 2.05) is 18.2 Å². The number of nitrogens with one attached hydrogen (secondary N) is 1. The summed E-state index contributed by atoms with van der Waals surface area (Å²) in [6, 6.07) is 12.7. The molecule has 134 valence electrons.